The third-order valence-corrected chi connectivity index (χ3v) is 6.26. The predicted molar refractivity (Wildman–Crippen MR) is 83.1 cm³/mol. The van der Waals surface area contributed by atoms with Gasteiger partial charge in [0, 0.05) is 15.9 Å². The molecule has 0 radical (unpaired) electrons. The molecule has 0 unspecified atom stereocenters. The Bertz CT molecular complexity index is 710. The van der Waals surface area contributed by atoms with E-state index in [1.807, 2.05) is 18.4 Å². The van der Waals surface area contributed by atoms with E-state index >= 15 is 0 Å². The van der Waals surface area contributed by atoms with Crippen molar-refractivity contribution in [3.05, 3.63) is 50.1 Å². The molecule has 0 amide bonds. The zero-order valence-electron chi connectivity index (χ0n) is 10.8. The van der Waals surface area contributed by atoms with E-state index in [2.05, 4.69) is 20.7 Å². The van der Waals surface area contributed by atoms with Crippen molar-refractivity contribution < 1.29 is 13.5 Å². The monoisotopic (exact) mass is 375 g/mol. The summed E-state index contributed by atoms with van der Waals surface area (Å²) >= 11 is 4.75. The van der Waals surface area contributed by atoms with Crippen LogP contribution in [0.5, 0.6) is 0 Å². The Balaban J connectivity index is 2.20. The molecule has 0 spiro atoms. The number of hydrogen-bond acceptors (Lipinski definition) is 4. The minimum Gasteiger partial charge on any atom is -0.392 e. The predicted octanol–water partition coefficient (Wildman–Crippen LogP) is 2.79. The Morgan fingerprint density at radius 2 is 2.10 bits per heavy atom. The smallest absolute Gasteiger partial charge is 0.242 e. The summed E-state index contributed by atoms with van der Waals surface area (Å²) in [5, 5.41) is 11.0. The van der Waals surface area contributed by atoms with Gasteiger partial charge in [-0.2, -0.15) is 0 Å². The highest BCUT2D eigenvalue weighted by molar-refractivity contribution is 9.10. The molecule has 1 aromatic heterocycles. The van der Waals surface area contributed by atoms with Crippen LogP contribution >= 0.6 is 27.3 Å². The van der Waals surface area contributed by atoms with E-state index in [1.165, 1.54) is 17.4 Å². The molecule has 2 N–H and O–H groups in total. The van der Waals surface area contributed by atoms with Gasteiger partial charge in [-0.15, -0.1) is 11.3 Å². The van der Waals surface area contributed by atoms with Crippen LogP contribution in [-0.4, -0.2) is 13.5 Å². The molecule has 2 rings (SSSR count). The molecule has 4 nitrogen and oxygen atoms in total. The van der Waals surface area contributed by atoms with E-state index in [0.717, 1.165) is 10.4 Å². The fourth-order valence-electron chi connectivity index (χ4n) is 1.68. The van der Waals surface area contributed by atoms with Gasteiger partial charge in [0.1, 0.15) is 0 Å². The number of aliphatic hydroxyl groups excluding tert-OH is 1. The van der Waals surface area contributed by atoms with Crippen LogP contribution in [0.15, 0.2) is 39.0 Å². The fourth-order valence-corrected chi connectivity index (χ4v) is 4.74. The van der Waals surface area contributed by atoms with Crippen molar-refractivity contribution in [3.63, 3.8) is 0 Å². The molecular formula is C13H14BrNO3S2. The zero-order valence-corrected chi connectivity index (χ0v) is 14.0. The number of aryl methyl sites for hydroxylation is 1. The number of hydrogen-bond donors (Lipinski definition) is 2. The average Bonchev–Trinajstić information content (AvgIpc) is 2.81. The van der Waals surface area contributed by atoms with E-state index in [1.54, 1.807) is 12.1 Å². The third kappa shape index (κ3) is 3.48. The number of halogens is 1. The van der Waals surface area contributed by atoms with Gasteiger partial charge >= 0.3 is 0 Å². The van der Waals surface area contributed by atoms with Gasteiger partial charge in [0.15, 0.2) is 0 Å². The molecule has 20 heavy (non-hydrogen) atoms. The Labute approximate surface area is 130 Å². The molecule has 0 aliphatic rings. The first-order valence-electron chi connectivity index (χ1n) is 5.86. The van der Waals surface area contributed by atoms with E-state index in [-0.39, 0.29) is 18.0 Å². The number of benzene rings is 1. The van der Waals surface area contributed by atoms with E-state index < -0.39 is 10.0 Å². The number of rotatable bonds is 5. The lowest BCUT2D eigenvalue weighted by Crippen LogP contribution is -2.23. The van der Waals surface area contributed by atoms with Gasteiger partial charge in [-0.05, 0) is 57.6 Å². The maximum Gasteiger partial charge on any atom is 0.242 e. The maximum atomic E-state index is 12.3. The number of sulfonamides is 1. The van der Waals surface area contributed by atoms with Crippen LogP contribution in [0, 0.1) is 6.92 Å². The highest BCUT2D eigenvalue weighted by Gasteiger charge is 2.18. The second-order valence-corrected chi connectivity index (χ2v) is 7.86. The maximum absolute atomic E-state index is 12.3. The molecule has 0 atom stereocenters. The lowest BCUT2D eigenvalue weighted by molar-refractivity contribution is 0.281. The van der Waals surface area contributed by atoms with Crippen LogP contribution in [0.4, 0.5) is 0 Å². The zero-order chi connectivity index (χ0) is 14.8. The first kappa shape index (κ1) is 15.7. The van der Waals surface area contributed by atoms with Crippen molar-refractivity contribution >= 4 is 37.3 Å². The molecule has 0 aliphatic carbocycles. The van der Waals surface area contributed by atoms with Gasteiger partial charge in [-0.3, -0.25) is 0 Å². The van der Waals surface area contributed by atoms with Gasteiger partial charge in [0.2, 0.25) is 10.0 Å². The van der Waals surface area contributed by atoms with Crippen LogP contribution in [0.3, 0.4) is 0 Å². The van der Waals surface area contributed by atoms with Crippen molar-refractivity contribution in [2.45, 2.75) is 25.0 Å². The van der Waals surface area contributed by atoms with E-state index in [0.29, 0.717) is 10.0 Å². The molecule has 0 aliphatic heterocycles. The topological polar surface area (TPSA) is 66.4 Å². The highest BCUT2D eigenvalue weighted by Crippen LogP contribution is 2.24. The number of nitrogens with one attached hydrogen (secondary N) is 1. The SMILES string of the molecule is Cc1ccsc1CNS(=O)(=O)c1ccc(CO)cc1Br. The van der Waals surface area contributed by atoms with Gasteiger partial charge in [-0.25, -0.2) is 13.1 Å². The Morgan fingerprint density at radius 1 is 1.35 bits per heavy atom. The molecule has 2 aromatic rings. The Hall–Kier alpha value is -0.730. The Morgan fingerprint density at radius 3 is 2.65 bits per heavy atom. The quantitative estimate of drug-likeness (QED) is 0.844. The standard InChI is InChI=1S/C13H14BrNO3S2/c1-9-4-5-19-12(9)7-15-20(17,18)13-3-2-10(8-16)6-11(13)14/h2-6,15-16H,7-8H2,1H3. The van der Waals surface area contributed by atoms with Gasteiger partial charge in [-0.1, -0.05) is 6.07 Å². The molecule has 7 heteroatoms. The number of aliphatic hydroxyl groups is 1. The lowest BCUT2D eigenvalue weighted by atomic mass is 10.2. The fraction of sp³-hybridized carbons (Fsp3) is 0.231. The van der Waals surface area contributed by atoms with Gasteiger partial charge < -0.3 is 5.11 Å². The van der Waals surface area contributed by atoms with Gasteiger partial charge in [0.05, 0.1) is 11.5 Å². The summed E-state index contributed by atoms with van der Waals surface area (Å²) in [5.74, 6) is 0. The molecule has 1 heterocycles. The van der Waals surface area contributed by atoms with Crippen LogP contribution in [0.2, 0.25) is 0 Å². The van der Waals surface area contributed by atoms with Gasteiger partial charge in [0.25, 0.3) is 0 Å². The second-order valence-electron chi connectivity index (χ2n) is 4.27. The van der Waals surface area contributed by atoms with Crippen molar-refractivity contribution in [2.24, 2.45) is 0 Å². The minimum absolute atomic E-state index is 0.124. The molecule has 0 bridgehead atoms. The summed E-state index contributed by atoms with van der Waals surface area (Å²) in [4.78, 5) is 1.17. The van der Waals surface area contributed by atoms with E-state index in [4.69, 9.17) is 5.11 Å². The molecule has 1 aromatic carbocycles. The van der Waals surface area contributed by atoms with Crippen molar-refractivity contribution in [1.29, 1.82) is 0 Å². The first-order valence-corrected chi connectivity index (χ1v) is 9.01. The molecular weight excluding hydrogens is 362 g/mol. The molecule has 0 saturated carbocycles. The summed E-state index contributed by atoms with van der Waals surface area (Å²) < 4.78 is 27.6. The molecule has 108 valence electrons. The summed E-state index contributed by atoms with van der Waals surface area (Å²) in [6.45, 7) is 2.10. The summed E-state index contributed by atoms with van der Waals surface area (Å²) in [5.41, 5.74) is 1.73. The molecule has 0 saturated heterocycles. The minimum atomic E-state index is -3.58. The van der Waals surface area contributed by atoms with Crippen molar-refractivity contribution in [1.82, 2.24) is 4.72 Å². The van der Waals surface area contributed by atoms with Crippen molar-refractivity contribution in [2.75, 3.05) is 0 Å². The first-order chi connectivity index (χ1) is 9.44. The summed E-state index contributed by atoms with van der Waals surface area (Å²) in [7, 11) is -3.58. The summed E-state index contributed by atoms with van der Waals surface area (Å²) in [6, 6.07) is 6.64. The van der Waals surface area contributed by atoms with Crippen LogP contribution < -0.4 is 4.72 Å². The number of thiophene rings is 1. The van der Waals surface area contributed by atoms with Crippen LogP contribution in [0.1, 0.15) is 16.0 Å². The van der Waals surface area contributed by atoms with Crippen LogP contribution in [0.25, 0.3) is 0 Å². The second kappa shape index (κ2) is 6.36. The largest absolute Gasteiger partial charge is 0.392 e. The Kier molecular flexibility index (Phi) is 4.98. The van der Waals surface area contributed by atoms with Crippen molar-refractivity contribution in [3.8, 4) is 0 Å². The third-order valence-electron chi connectivity index (χ3n) is 2.86. The normalized spacial score (nSPS) is 11.8. The average molecular weight is 376 g/mol. The highest BCUT2D eigenvalue weighted by atomic mass is 79.9. The van der Waals surface area contributed by atoms with E-state index in [9.17, 15) is 8.42 Å². The molecule has 0 fully saturated rings. The van der Waals surface area contributed by atoms with Crippen LogP contribution in [-0.2, 0) is 23.2 Å². The lowest BCUT2D eigenvalue weighted by Gasteiger charge is -2.09. The summed E-state index contributed by atoms with van der Waals surface area (Å²) in [6.07, 6.45) is 0.